The normalized spacial score (nSPS) is 22.0. The molecular formula is C19H28FN3O2. The zero-order valence-corrected chi connectivity index (χ0v) is 15.2. The summed E-state index contributed by atoms with van der Waals surface area (Å²) >= 11 is 0. The van der Waals surface area contributed by atoms with Crippen LogP contribution in [0.3, 0.4) is 0 Å². The fraction of sp³-hybridized carbons (Fsp3) is 0.632. The summed E-state index contributed by atoms with van der Waals surface area (Å²) in [4.78, 5) is 19.2. The SMILES string of the molecule is CN1CCCN(C)C2(CCN(C(=O)COc3cccc(F)c3)CC2)C1. The van der Waals surface area contributed by atoms with Gasteiger partial charge in [0.15, 0.2) is 6.61 Å². The van der Waals surface area contributed by atoms with Gasteiger partial charge in [0.25, 0.3) is 5.91 Å². The first-order valence-corrected chi connectivity index (χ1v) is 9.04. The second-order valence-electron chi connectivity index (χ2n) is 7.36. The number of ether oxygens (including phenoxy) is 1. The second kappa shape index (κ2) is 7.70. The van der Waals surface area contributed by atoms with E-state index >= 15 is 0 Å². The van der Waals surface area contributed by atoms with Crippen LogP contribution in [0.2, 0.25) is 0 Å². The summed E-state index contributed by atoms with van der Waals surface area (Å²) in [5.74, 6) is 0.0149. The third kappa shape index (κ3) is 4.30. The van der Waals surface area contributed by atoms with Gasteiger partial charge in [0.1, 0.15) is 11.6 Å². The molecule has 0 N–H and O–H groups in total. The number of hydrogen-bond acceptors (Lipinski definition) is 4. The summed E-state index contributed by atoms with van der Waals surface area (Å²) in [6, 6.07) is 5.91. The van der Waals surface area contributed by atoms with E-state index in [0.29, 0.717) is 5.75 Å². The predicted molar refractivity (Wildman–Crippen MR) is 95.2 cm³/mol. The maximum absolute atomic E-state index is 13.2. The molecule has 2 aliphatic rings. The van der Waals surface area contributed by atoms with Crippen molar-refractivity contribution in [1.29, 1.82) is 0 Å². The van der Waals surface area contributed by atoms with Crippen molar-refractivity contribution in [3.05, 3.63) is 30.1 Å². The van der Waals surface area contributed by atoms with Crippen LogP contribution in [0.15, 0.2) is 24.3 Å². The molecule has 5 nitrogen and oxygen atoms in total. The fourth-order valence-electron chi connectivity index (χ4n) is 4.02. The number of likely N-dealkylation sites (tertiary alicyclic amines) is 1. The van der Waals surface area contributed by atoms with Crippen molar-refractivity contribution in [2.75, 3.05) is 53.4 Å². The Kier molecular flexibility index (Phi) is 5.59. The number of hydrogen-bond donors (Lipinski definition) is 0. The highest BCUT2D eigenvalue weighted by atomic mass is 19.1. The molecule has 0 aliphatic carbocycles. The number of amides is 1. The average Bonchev–Trinajstić information content (AvgIpc) is 2.72. The van der Waals surface area contributed by atoms with Crippen LogP contribution in [0.25, 0.3) is 0 Å². The molecule has 0 saturated carbocycles. The van der Waals surface area contributed by atoms with Crippen molar-refractivity contribution >= 4 is 5.91 Å². The van der Waals surface area contributed by atoms with Crippen molar-refractivity contribution < 1.29 is 13.9 Å². The number of carbonyl (C=O) groups excluding carboxylic acids is 1. The second-order valence-corrected chi connectivity index (χ2v) is 7.36. The van der Waals surface area contributed by atoms with E-state index < -0.39 is 0 Å². The van der Waals surface area contributed by atoms with Crippen molar-refractivity contribution in [2.45, 2.75) is 24.8 Å². The van der Waals surface area contributed by atoms with E-state index in [2.05, 4.69) is 23.9 Å². The van der Waals surface area contributed by atoms with Gasteiger partial charge in [-0.15, -0.1) is 0 Å². The van der Waals surface area contributed by atoms with Crippen LogP contribution in [0.5, 0.6) is 5.75 Å². The Morgan fingerprint density at radius 1 is 1.20 bits per heavy atom. The summed E-state index contributed by atoms with van der Waals surface area (Å²) < 4.78 is 18.6. The molecule has 3 rings (SSSR count). The molecule has 1 amide bonds. The predicted octanol–water partition coefficient (Wildman–Crippen LogP) is 1.83. The number of benzene rings is 1. The minimum Gasteiger partial charge on any atom is -0.484 e. The summed E-state index contributed by atoms with van der Waals surface area (Å²) in [5.41, 5.74) is 0.172. The number of likely N-dealkylation sites (N-methyl/N-ethyl adjacent to an activating group) is 2. The van der Waals surface area contributed by atoms with Gasteiger partial charge in [-0.25, -0.2) is 4.39 Å². The Bertz CT molecular complexity index is 602. The van der Waals surface area contributed by atoms with E-state index in [1.54, 1.807) is 12.1 Å². The summed E-state index contributed by atoms with van der Waals surface area (Å²) in [6.45, 7) is 4.78. The Morgan fingerprint density at radius 3 is 2.68 bits per heavy atom. The minimum atomic E-state index is -0.356. The van der Waals surface area contributed by atoms with Gasteiger partial charge in [0, 0.05) is 31.2 Å². The third-order valence-corrected chi connectivity index (χ3v) is 5.61. The highest BCUT2D eigenvalue weighted by Crippen LogP contribution is 2.31. The molecule has 1 aromatic rings. The number of carbonyl (C=O) groups is 1. The van der Waals surface area contributed by atoms with Gasteiger partial charge in [-0.05, 0) is 58.6 Å². The highest BCUT2D eigenvalue weighted by Gasteiger charge is 2.40. The maximum Gasteiger partial charge on any atom is 0.260 e. The van der Waals surface area contributed by atoms with E-state index in [-0.39, 0.29) is 23.9 Å². The van der Waals surface area contributed by atoms with E-state index in [0.717, 1.165) is 45.6 Å². The van der Waals surface area contributed by atoms with Crippen LogP contribution >= 0.6 is 0 Å². The summed E-state index contributed by atoms with van der Waals surface area (Å²) in [5, 5.41) is 0. The lowest BCUT2D eigenvalue weighted by Crippen LogP contribution is -2.58. The molecule has 2 heterocycles. The molecule has 1 spiro atoms. The van der Waals surface area contributed by atoms with Crippen molar-refractivity contribution in [2.24, 2.45) is 0 Å². The first-order chi connectivity index (χ1) is 12.0. The van der Waals surface area contributed by atoms with Crippen LogP contribution in [0.4, 0.5) is 4.39 Å². The molecular weight excluding hydrogens is 321 g/mol. The molecule has 6 heteroatoms. The smallest absolute Gasteiger partial charge is 0.260 e. The number of halogens is 1. The molecule has 25 heavy (non-hydrogen) atoms. The number of nitrogens with zero attached hydrogens (tertiary/aromatic N) is 3. The average molecular weight is 349 g/mol. The van der Waals surface area contributed by atoms with Crippen LogP contribution in [0, 0.1) is 5.82 Å². The lowest BCUT2D eigenvalue weighted by molar-refractivity contribution is -0.136. The Labute approximate surface area is 149 Å². The Morgan fingerprint density at radius 2 is 1.96 bits per heavy atom. The largest absolute Gasteiger partial charge is 0.484 e. The molecule has 138 valence electrons. The first-order valence-electron chi connectivity index (χ1n) is 9.04. The Balaban J connectivity index is 1.53. The zero-order valence-electron chi connectivity index (χ0n) is 15.2. The molecule has 2 aliphatic heterocycles. The van der Waals surface area contributed by atoms with E-state index in [1.165, 1.54) is 18.6 Å². The van der Waals surface area contributed by atoms with Crippen molar-refractivity contribution in [1.82, 2.24) is 14.7 Å². The number of piperidine rings is 1. The minimum absolute atomic E-state index is 0.0243. The van der Waals surface area contributed by atoms with E-state index in [9.17, 15) is 9.18 Å². The lowest BCUT2D eigenvalue weighted by atomic mass is 9.85. The number of rotatable bonds is 3. The van der Waals surface area contributed by atoms with Crippen molar-refractivity contribution in [3.63, 3.8) is 0 Å². The Hall–Kier alpha value is -1.66. The molecule has 2 saturated heterocycles. The molecule has 0 bridgehead atoms. The summed E-state index contributed by atoms with van der Waals surface area (Å²) in [7, 11) is 4.40. The lowest BCUT2D eigenvalue weighted by Gasteiger charge is -2.47. The molecule has 0 aromatic heterocycles. The topological polar surface area (TPSA) is 36.0 Å². The molecule has 2 fully saturated rings. The van der Waals surface area contributed by atoms with Gasteiger partial charge < -0.3 is 14.5 Å². The van der Waals surface area contributed by atoms with Gasteiger partial charge in [-0.1, -0.05) is 6.07 Å². The van der Waals surface area contributed by atoms with E-state index in [1.807, 2.05) is 4.90 Å². The molecule has 0 atom stereocenters. The fourth-order valence-corrected chi connectivity index (χ4v) is 4.02. The first kappa shape index (κ1) is 18.1. The van der Waals surface area contributed by atoms with Gasteiger partial charge in [0.2, 0.25) is 0 Å². The van der Waals surface area contributed by atoms with Gasteiger partial charge >= 0.3 is 0 Å². The van der Waals surface area contributed by atoms with Crippen LogP contribution in [-0.4, -0.2) is 79.6 Å². The van der Waals surface area contributed by atoms with E-state index in [4.69, 9.17) is 4.74 Å². The molecule has 0 radical (unpaired) electrons. The van der Waals surface area contributed by atoms with Gasteiger partial charge in [0.05, 0.1) is 0 Å². The standard InChI is InChI=1S/C19H28FN3O2/c1-21-9-4-10-22(2)19(15-21)7-11-23(12-8-19)18(24)14-25-17-6-3-5-16(20)13-17/h3,5-6,13H,4,7-12,14-15H2,1-2H3. The van der Waals surface area contributed by atoms with Crippen LogP contribution in [-0.2, 0) is 4.79 Å². The van der Waals surface area contributed by atoms with Gasteiger partial charge in [-0.2, -0.15) is 0 Å². The highest BCUT2D eigenvalue weighted by molar-refractivity contribution is 5.77. The quantitative estimate of drug-likeness (QED) is 0.834. The monoisotopic (exact) mass is 349 g/mol. The third-order valence-electron chi connectivity index (χ3n) is 5.61. The maximum atomic E-state index is 13.2. The zero-order chi connectivity index (χ0) is 17.9. The van der Waals surface area contributed by atoms with Gasteiger partial charge in [-0.3, -0.25) is 9.69 Å². The molecule has 1 aromatic carbocycles. The molecule has 0 unspecified atom stereocenters. The van der Waals surface area contributed by atoms with Crippen molar-refractivity contribution in [3.8, 4) is 5.75 Å². The summed E-state index contributed by atoms with van der Waals surface area (Å²) in [6.07, 6.45) is 3.16. The van der Waals surface area contributed by atoms with Crippen LogP contribution < -0.4 is 4.74 Å². The van der Waals surface area contributed by atoms with Crippen LogP contribution in [0.1, 0.15) is 19.3 Å².